The molecule has 2 aromatic rings. The fraction of sp³-hybridized carbons (Fsp3) is 0.471. The van der Waals surface area contributed by atoms with Crippen LogP contribution in [0.3, 0.4) is 0 Å². The first-order valence-corrected chi connectivity index (χ1v) is 8.60. The molecule has 1 aromatic heterocycles. The van der Waals surface area contributed by atoms with Crippen LogP contribution in [0.25, 0.3) is 10.1 Å². The van der Waals surface area contributed by atoms with Gasteiger partial charge in [0, 0.05) is 17.2 Å². The third kappa shape index (κ3) is 3.11. The summed E-state index contributed by atoms with van der Waals surface area (Å²) in [6, 6.07) is 8.44. The molecule has 1 amide bonds. The molecule has 0 saturated heterocycles. The summed E-state index contributed by atoms with van der Waals surface area (Å²) in [6.07, 6.45) is 4.13. The fourth-order valence-corrected chi connectivity index (χ4v) is 4.34. The van der Waals surface area contributed by atoms with Crippen molar-refractivity contribution in [2.45, 2.75) is 25.7 Å². The number of nitrogens with one attached hydrogen (secondary N) is 1. The molecule has 1 aliphatic carbocycles. The lowest BCUT2D eigenvalue weighted by atomic mass is 9.95. The van der Waals surface area contributed by atoms with Gasteiger partial charge in [-0.15, -0.1) is 11.3 Å². The Morgan fingerprint density at radius 2 is 2.19 bits per heavy atom. The summed E-state index contributed by atoms with van der Waals surface area (Å²) >= 11 is 1.77. The van der Waals surface area contributed by atoms with Gasteiger partial charge < -0.3 is 11.1 Å². The molecule has 0 unspecified atom stereocenters. The first kappa shape index (κ1) is 14.5. The first-order valence-electron chi connectivity index (χ1n) is 7.72. The van der Waals surface area contributed by atoms with Crippen molar-refractivity contribution in [2.24, 2.45) is 17.6 Å². The van der Waals surface area contributed by atoms with E-state index in [4.69, 9.17) is 5.73 Å². The Balaban J connectivity index is 1.55. The Hall–Kier alpha value is -1.39. The Kier molecular flexibility index (Phi) is 4.56. The molecular weight excluding hydrogens is 280 g/mol. The average Bonchev–Trinajstić information content (AvgIpc) is 3.14. The van der Waals surface area contributed by atoms with E-state index in [2.05, 4.69) is 35.0 Å². The van der Waals surface area contributed by atoms with Crippen LogP contribution in [0.4, 0.5) is 0 Å². The maximum atomic E-state index is 12.2. The van der Waals surface area contributed by atoms with Crippen molar-refractivity contribution in [1.82, 2.24) is 5.32 Å². The minimum atomic E-state index is 0.134. The minimum Gasteiger partial charge on any atom is -0.356 e. The topological polar surface area (TPSA) is 55.1 Å². The van der Waals surface area contributed by atoms with E-state index in [1.165, 1.54) is 15.6 Å². The summed E-state index contributed by atoms with van der Waals surface area (Å²) < 4.78 is 1.32. The number of hydrogen-bond acceptors (Lipinski definition) is 3. The molecule has 3 nitrogen and oxygen atoms in total. The van der Waals surface area contributed by atoms with Crippen molar-refractivity contribution in [3.05, 3.63) is 35.2 Å². The highest BCUT2D eigenvalue weighted by atomic mass is 32.1. The monoisotopic (exact) mass is 302 g/mol. The van der Waals surface area contributed by atoms with Crippen LogP contribution in [-0.4, -0.2) is 19.0 Å². The molecule has 0 aliphatic heterocycles. The lowest BCUT2D eigenvalue weighted by molar-refractivity contribution is -0.125. The van der Waals surface area contributed by atoms with E-state index in [9.17, 15) is 4.79 Å². The van der Waals surface area contributed by atoms with Crippen LogP contribution in [0, 0.1) is 11.8 Å². The SMILES string of the molecule is NC[C@H]1CCC[C@H]1C(=O)NCCc1csc2ccccc12. The average molecular weight is 302 g/mol. The molecule has 4 heteroatoms. The van der Waals surface area contributed by atoms with Crippen LogP contribution >= 0.6 is 11.3 Å². The molecule has 3 rings (SSSR count). The van der Waals surface area contributed by atoms with Gasteiger partial charge in [-0.1, -0.05) is 24.6 Å². The van der Waals surface area contributed by atoms with Gasteiger partial charge in [-0.3, -0.25) is 4.79 Å². The molecule has 1 aliphatic rings. The standard InChI is InChI=1S/C17H22N2OS/c18-10-12-4-3-6-15(12)17(20)19-9-8-13-11-21-16-7-2-1-5-14(13)16/h1-2,5,7,11-12,15H,3-4,6,8-10,18H2,(H,19,20)/t12-,15-/m1/s1. The van der Waals surface area contributed by atoms with Crippen molar-refractivity contribution in [2.75, 3.05) is 13.1 Å². The number of benzene rings is 1. The summed E-state index contributed by atoms with van der Waals surface area (Å²) in [5.41, 5.74) is 7.08. The molecule has 0 bridgehead atoms. The normalized spacial score (nSPS) is 21.8. The predicted octanol–water partition coefficient (Wildman–Crippen LogP) is 2.94. The van der Waals surface area contributed by atoms with Crippen molar-refractivity contribution in [3.63, 3.8) is 0 Å². The van der Waals surface area contributed by atoms with Gasteiger partial charge in [-0.25, -0.2) is 0 Å². The molecule has 1 heterocycles. The Bertz CT molecular complexity index is 622. The van der Waals surface area contributed by atoms with Gasteiger partial charge in [0.1, 0.15) is 0 Å². The molecular formula is C17H22N2OS. The Morgan fingerprint density at radius 1 is 1.33 bits per heavy atom. The van der Waals surface area contributed by atoms with E-state index in [-0.39, 0.29) is 11.8 Å². The van der Waals surface area contributed by atoms with Gasteiger partial charge in [0.15, 0.2) is 0 Å². The number of rotatable bonds is 5. The summed E-state index contributed by atoms with van der Waals surface area (Å²) in [5.74, 6) is 0.712. The Morgan fingerprint density at radius 3 is 3.05 bits per heavy atom. The van der Waals surface area contributed by atoms with E-state index in [1.54, 1.807) is 11.3 Å². The van der Waals surface area contributed by atoms with Gasteiger partial charge in [0.25, 0.3) is 0 Å². The minimum absolute atomic E-state index is 0.134. The largest absolute Gasteiger partial charge is 0.356 e. The molecule has 3 N–H and O–H groups in total. The third-order valence-corrected chi connectivity index (χ3v) is 5.57. The van der Waals surface area contributed by atoms with Gasteiger partial charge in [-0.05, 0) is 54.1 Å². The number of hydrogen-bond donors (Lipinski definition) is 2. The zero-order chi connectivity index (χ0) is 14.7. The highest BCUT2D eigenvalue weighted by Crippen LogP contribution is 2.31. The lowest BCUT2D eigenvalue weighted by Gasteiger charge is -2.17. The van der Waals surface area contributed by atoms with Gasteiger partial charge in [-0.2, -0.15) is 0 Å². The fourth-order valence-electron chi connectivity index (χ4n) is 3.34. The van der Waals surface area contributed by atoms with Crippen LogP contribution in [0.15, 0.2) is 29.6 Å². The van der Waals surface area contributed by atoms with Crippen LogP contribution in [0.1, 0.15) is 24.8 Å². The number of thiophene rings is 1. The van der Waals surface area contributed by atoms with Crippen molar-refractivity contribution >= 4 is 27.3 Å². The second kappa shape index (κ2) is 6.58. The van der Waals surface area contributed by atoms with Crippen molar-refractivity contribution in [3.8, 4) is 0 Å². The maximum Gasteiger partial charge on any atom is 0.223 e. The van der Waals surface area contributed by atoms with E-state index >= 15 is 0 Å². The lowest BCUT2D eigenvalue weighted by Crippen LogP contribution is -2.36. The van der Waals surface area contributed by atoms with E-state index in [0.717, 1.165) is 25.7 Å². The molecule has 1 fully saturated rings. The van der Waals surface area contributed by atoms with Crippen molar-refractivity contribution in [1.29, 1.82) is 0 Å². The molecule has 0 radical (unpaired) electrons. The second-order valence-electron chi connectivity index (χ2n) is 5.83. The second-order valence-corrected chi connectivity index (χ2v) is 6.74. The maximum absolute atomic E-state index is 12.2. The summed E-state index contributed by atoms with van der Waals surface area (Å²) in [5, 5.41) is 6.62. The van der Waals surface area contributed by atoms with Crippen LogP contribution in [0.2, 0.25) is 0 Å². The number of fused-ring (bicyclic) bond motifs is 1. The van der Waals surface area contributed by atoms with Crippen LogP contribution in [-0.2, 0) is 11.2 Å². The molecule has 112 valence electrons. The zero-order valence-corrected chi connectivity index (χ0v) is 13.0. The van der Waals surface area contributed by atoms with Crippen molar-refractivity contribution < 1.29 is 4.79 Å². The predicted molar refractivity (Wildman–Crippen MR) is 88.4 cm³/mol. The number of carbonyl (C=O) groups is 1. The smallest absolute Gasteiger partial charge is 0.223 e. The zero-order valence-electron chi connectivity index (χ0n) is 12.2. The molecule has 1 saturated carbocycles. The molecule has 0 spiro atoms. The van der Waals surface area contributed by atoms with Gasteiger partial charge in [0.05, 0.1) is 0 Å². The third-order valence-electron chi connectivity index (χ3n) is 4.55. The van der Waals surface area contributed by atoms with Crippen LogP contribution < -0.4 is 11.1 Å². The van der Waals surface area contributed by atoms with Crippen LogP contribution in [0.5, 0.6) is 0 Å². The van der Waals surface area contributed by atoms with E-state index < -0.39 is 0 Å². The quantitative estimate of drug-likeness (QED) is 0.892. The summed E-state index contributed by atoms with van der Waals surface area (Å²) in [6.45, 7) is 1.35. The van der Waals surface area contributed by atoms with E-state index in [0.29, 0.717) is 19.0 Å². The Labute approximate surface area is 129 Å². The number of amides is 1. The number of carbonyl (C=O) groups excluding carboxylic acids is 1. The summed E-state index contributed by atoms with van der Waals surface area (Å²) in [4.78, 5) is 12.2. The summed E-state index contributed by atoms with van der Waals surface area (Å²) in [7, 11) is 0. The van der Waals surface area contributed by atoms with Gasteiger partial charge >= 0.3 is 0 Å². The van der Waals surface area contributed by atoms with Gasteiger partial charge in [0.2, 0.25) is 5.91 Å². The molecule has 2 atom stereocenters. The highest BCUT2D eigenvalue weighted by Gasteiger charge is 2.31. The number of nitrogens with two attached hydrogens (primary N) is 1. The molecule has 21 heavy (non-hydrogen) atoms. The van der Waals surface area contributed by atoms with E-state index in [1.807, 2.05) is 0 Å². The highest BCUT2D eigenvalue weighted by molar-refractivity contribution is 7.17. The molecule has 1 aromatic carbocycles. The first-order chi connectivity index (χ1) is 10.3.